The molecule has 0 spiro atoms. The maximum absolute atomic E-state index is 12.5. The number of hydrogen-bond donors (Lipinski definition) is 1. The number of amides is 1. The van der Waals surface area contributed by atoms with Crippen molar-refractivity contribution in [3.05, 3.63) is 41.1 Å². The zero-order valence-electron chi connectivity index (χ0n) is 16.7. The quantitative estimate of drug-likeness (QED) is 0.442. The first-order valence-electron chi connectivity index (χ1n) is 9.80. The highest BCUT2D eigenvalue weighted by atomic mass is 16.5. The van der Waals surface area contributed by atoms with Gasteiger partial charge in [0.15, 0.2) is 0 Å². The van der Waals surface area contributed by atoms with Crippen LogP contribution in [0.5, 0.6) is 0 Å². The van der Waals surface area contributed by atoms with E-state index in [0.29, 0.717) is 19.8 Å². The standard InChI is InChI=1S/C22H25N3O4/c1-3-28-21(26)14-25-15(2)19(18-8-4-5-9-20(18)25)11-16(12-23)22(27)24-13-17-7-6-10-29-17/h4-5,8-9,11,17H,3,6-7,10,13-14H2,1-2H3,(H,24,27)/b16-11-/t17-/m1/s1. The average molecular weight is 395 g/mol. The van der Waals surface area contributed by atoms with Crippen molar-refractivity contribution in [1.82, 2.24) is 9.88 Å². The Morgan fingerprint density at radius 2 is 2.21 bits per heavy atom. The molecule has 7 nitrogen and oxygen atoms in total. The predicted molar refractivity (Wildman–Crippen MR) is 109 cm³/mol. The Bertz CT molecular complexity index is 978. The highest BCUT2D eigenvalue weighted by Gasteiger charge is 2.20. The number of benzene rings is 1. The van der Waals surface area contributed by atoms with Gasteiger partial charge in [-0.2, -0.15) is 5.26 Å². The highest BCUT2D eigenvalue weighted by Crippen LogP contribution is 2.28. The number of hydrogen-bond acceptors (Lipinski definition) is 5. The van der Waals surface area contributed by atoms with Crippen LogP contribution in [0.25, 0.3) is 17.0 Å². The van der Waals surface area contributed by atoms with Crippen LogP contribution in [0.1, 0.15) is 31.0 Å². The fourth-order valence-electron chi connectivity index (χ4n) is 3.58. The molecule has 1 aliphatic rings. The van der Waals surface area contributed by atoms with Crippen molar-refractivity contribution in [2.24, 2.45) is 0 Å². The number of para-hydroxylation sites is 1. The Morgan fingerprint density at radius 1 is 1.41 bits per heavy atom. The van der Waals surface area contributed by atoms with Crippen LogP contribution in [0.2, 0.25) is 0 Å². The van der Waals surface area contributed by atoms with Crippen molar-refractivity contribution in [2.45, 2.75) is 39.3 Å². The Kier molecular flexibility index (Phi) is 6.68. The van der Waals surface area contributed by atoms with Gasteiger partial charge in [0.1, 0.15) is 18.2 Å². The molecule has 0 bridgehead atoms. The normalized spacial score (nSPS) is 16.6. The summed E-state index contributed by atoms with van der Waals surface area (Å²) < 4.78 is 12.4. The van der Waals surface area contributed by atoms with E-state index in [0.717, 1.165) is 35.0 Å². The molecule has 2 aromatic rings. The summed E-state index contributed by atoms with van der Waals surface area (Å²) in [4.78, 5) is 24.5. The summed E-state index contributed by atoms with van der Waals surface area (Å²) >= 11 is 0. The third-order valence-electron chi connectivity index (χ3n) is 5.04. The maximum Gasteiger partial charge on any atom is 0.325 e. The third kappa shape index (κ3) is 4.66. The first-order valence-corrected chi connectivity index (χ1v) is 9.80. The lowest BCUT2D eigenvalue weighted by atomic mass is 10.1. The van der Waals surface area contributed by atoms with Crippen molar-refractivity contribution in [2.75, 3.05) is 19.8 Å². The molecule has 1 atom stereocenters. The minimum Gasteiger partial charge on any atom is -0.465 e. The number of fused-ring (bicyclic) bond motifs is 1. The second-order valence-electron chi connectivity index (χ2n) is 6.92. The Labute approximate surface area is 169 Å². The van der Waals surface area contributed by atoms with Crippen LogP contribution >= 0.6 is 0 Å². The lowest BCUT2D eigenvalue weighted by Gasteiger charge is -2.10. The summed E-state index contributed by atoms with van der Waals surface area (Å²) in [7, 11) is 0. The molecule has 0 radical (unpaired) electrons. The second kappa shape index (κ2) is 9.39. The van der Waals surface area contributed by atoms with E-state index in [2.05, 4.69) is 5.32 Å². The first kappa shape index (κ1) is 20.6. The van der Waals surface area contributed by atoms with Crippen LogP contribution in [0.4, 0.5) is 0 Å². The molecular weight excluding hydrogens is 370 g/mol. The summed E-state index contributed by atoms with van der Waals surface area (Å²) in [6.07, 6.45) is 3.49. The molecule has 1 aliphatic heterocycles. The van der Waals surface area contributed by atoms with Gasteiger partial charge in [-0.1, -0.05) is 18.2 Å². The highest BCUT2D eigenvalue weighted by molar-refractivity contribution is 6.04. The van der Waals surface area contributed by atoms with E-state index < -0.39 is 5.91 Å². The summed E-state index contributed by atoms with van der Waals surface area (Å²) in [5.41, 5.74) is 2.40. The SMILES string of the molecule is CCOC(=O)Cn1c(C)c(/C=C(/C#N)C(=O)NC[C@H]2CCCO2)c2ccccc21. The average Bonchev–Trinajstić information content (AvgIpc) is 3.32. The minimum atomic E-state index is -0.426. The Hall–Kier alpha value is -3.11. The fourth-order valence-corrected chi connectivity index (χ4v) is 3.58. The molecule has 1 aromatic heterocycles. The van der Waals surface area contributed by atoms with E-state index in [1.165, 1.54) is 0 Å². The number of nitriles is 1. The van der Waals surface area contributed by atoms with Gasteiger partial charge in [-0.25, -0.2) is 0 Å². The van der Waals surface area contributed by atoms with Crippen LogP contribution in [0, 0.1) is 18.3 Å². The van der Waals surface area contributed by atoms with E-state index in [-0.39, 0.29) is 24.2 Å². The van der Waals surface area contributed by atoms with Crippen molar-refractivity contribution in [3.8, 4) is 6.07 Å². The van der Waals surface area contributed by atoms with E-state index in [1.807, 2.05) is 41.8 Å². The molecule has 1 amide bonds. The summed E-state index contributed by atoms with van der Waals surface area (Å²) in [6.45, 7) is 5.11. The van der Waals surface area contributed by atoms with Gasteiger partial charge in [0.25, 0.3) is 5.91 Å². The summed E-state index contributed by atoms with van der Waals surface area (Å²) in [5.74, 6) is -0.758. The number of nitrogens with one attached hydrogen (secondary N) is 1. The lowest BCUT2D eigenvalue weighted by Crippen LogP contribution is -2.32. The molecule has 3 rings (SSSR count). The lowest BCUT2D eigenvalue weighted by molar-refractivity contribution is -0.143. The van der Waals surface area contributed by atoms with Crippen LogP contribution in [0.3, 0.4) is 0 Å². The Balaban J connectivity index is 1.90. The molecule has 29 heavy (non-hydrogen) atoms. The number of nitrogens with zero attached hydrogens (tertiary/aromatic N) is 2. The van der Waals surface area contributed by atoms with E-state index in [4.69, 9.17) is 9.47 Å². The molecule has 1 aromatic carbocycles. The van der Waals surface area contributed by atoms with Crippen molar-refractivity contribution < 1.29 is 19.1 Å². The second-order valence-corrected chi connectivity index (χ2v) is 6.92. The number of aromatic nitrogens is 1. The summed E-state index contributed by atoms with van der Waals surface area (Å²) in [5, 5.41) is 13.2. The van der Waals surface area contributed by atoms with Gasteiger partial charge in [-0.3, -0.25) is 9.59 Å². The van der Waals surface area contributed by atoms with Gasteiger partial charge >= 0.3 is 5.97 Å². The molecule has 0 aliphatic carbocycles. The largest absolute Gasteiger partial charge is 0.465 e. The number of carbonyl (C=O) groups excluding carboxylic acids is 2. The zero-order valence-corrected chi connectivity index (χ0v) is 16.7. The third-order valence-corrected chi connectivity index (χ3v) is 5.04. The maximum atomic E-state index is 12.5. The molecule has 0 saturated carbocycles. The van der Waals surface area contributed by atoms with Gasteiger partial charge in [-0.05, 0) is 38.8 Å². The molecule has 7 heteroatoms. The molecule has 1 fully saturated rings. The molecule has 2 heterocycles. The molecule has 0 unspecified atom stereocenters. The van der Waals surface area contributed by atoms with Crippen LogP contribution in [0.15, 0.2) is 29.8 Å². The molecule has 1 saturated heterocycles. The van der Waals surface area contributed by atoms with Crippen molar-refractivity contribution in [3.63, 3.8) is 0 Å². The van der Waals surface area contributed by atoms with E-state index in [1.54, 1.807) is 13.0 Å². The van der Waals surface area contributed by atoms with Gasteiger partial charge < -0.3 is 19.4 Å². The number of esters is 1. The van der Waals surface area contributed by atoms with Gasteiger partial charge in [0.2, 0.25) is 0 Å². The minimum absolute atomic E-state index is 0.00659. The van der Waals surface area contributed by atoms with Gasteiger partial charge in [0, 0.05) is 35.3 Å². The Morgan fingerprint density at radius 3 is 2.90 bits per heavy atom. The molecule has 152 valence electrons. The molecule has 1 N–H and O–H groups in total. The first-order chi connectivity index (χ1) is 14.0. The van der Waals surface area contributed by atoms with Gasteiger partial charge in [0.05, 0.1) is 12.7 Å². The van der Waals surface area contributed by atoms with E-state index in [9.17, 15) is 14.9 Å². The zero-order chi connectivity index (χ0) is 20.8. The topological polar surface area (TPSA) is 93.4 Å². The fraction of sp³-hybridized carbons (Fsp3) is 0.409. The number of carbonyl (C=O) groups is 2. The molecular formula is C22H25N3O4. The smallest absolute Gasteiger partial charge is 0.325 e. The van der Waals surface area contributed by atoms with Gasteiger partial charge in [-0.15, -0.1) is 0 Å². The van der Waals surface area contributed by atoms with Crippen LogP contribution in [-0.2, 0) is 25.6 Å². The summed E-state index contributed by atoms with van der Waals surface area (Å²) in [6, 6.07) is 9.58. The predicted octanol–water partition coefficient (Wildman–Crippen LogP) is 2.72. The van der Waals surface area contributed by atoms with E-state index >= 15 is 0 Å². The van der Waals surface area contributed by atoms with Crippen molar-refractivity contribution in [1.29, 1.82) is 5.26 Å². The monoisotopic (exact) mass is 395 g/mol. The van der Waals surface area contributed by atoms with Crippen LogP contribution in [-0.4, -0.2) is 42.3 Å². The van der Waals surface area contributed by atoms with Crippen LogP contribution < -0.4 is 5.32 Å². The number of ether oxygens (including phenoxy) is 2. The number of rotatable bonds is 7. The van der Waals surface area contributed by atoms with Crippen molar-refractivity contribution >= 4 is 28.9 Å².